The van der Waals surface area contributed by atoms with Crippen LogP contribution in [0.4, 0.5) is 13.6 Å². The summed E-state index contributed by atoms with van der Waals surface area (Å²) in [5.74, 6) is -0.577. The summed E-state index contributed by atoms with van der Waals surface area (Å²) >= 11 is 10.1. The molecule has 9 heteroatoms. The molecule has 0 radical (unpaired) electrons. The molecule has 0 atom stereocenters. The third-order valence-corrected chi connectivity index (χ3v) is 2.09. The Bertz CT molecular complexity index is 497. The molecule has 1 heterocycles. The number of pyridine rings is 1. The van der Waals surface area contributed by atoms with Crippen molar-refractivity contribution in [2.45, 2.75) is 5.38 Å². The molecule has 0 bridgehead atoms. The molecule has 0 unspecified atom stereocenters. The number of methoxy groups -OCH3 is 1. The number of carbonyl (C=O) groups is 1. The maximum absolute atomic E-state index is 12.7. The second-order valence-electron chi connectivity index (χ2n) is 2.74. The number of rotatable bonds is 2. The van der Waals surface area contributed by atoms with Crippen LogP contribution in [0.3, 0.4) is 0 Å². The lowest BCUT2D eigenvalue weighted by molar-refractivity contribution is 0.0896. The number of hydrogen-bond donors (Lipinski definition) is 1. The SMILES string of the molecule is COC(=O)Oc1cc(Cl)c(C(F)(F)Cl)[nH]c1=O. The molecule has 1 N–H and O–H groups in total. The van der Waals surface area contributed by atoms with Crippen LogP contribution in [0.2, 0.25) is 5.02 Å². The van der Waals surface area contributed by atoms with Gasteiger partial charge >= 0.3 is 11.5 Å². The molecule has 0 amide bonds. The van der Waals surface area contributed by atoms with Crippen LogP contribution >= 0.6 is 23.2 Å². The Balaban J connectivity index is 3.19. The van der Waals surface area contributed by atoms with E-state index in [-0.39, 0.29) is 0 Å². The van der Waals surface area contributed by atoms with Crippen molar-refractivity contribution in [2.24, 2.45) is 0 Å². The van der Waals surface area contributed by atoms with Crippen molar-refractivity contribution in [3.05, 3.63) is 27.1 Å². The van der Waals surface area contributed by atoms with Crippen LogP contribution in [0.15, 0.2) is 10.9 Å². The Morgan fingerprint density at radius 2 is 2.12 bits per heavy atom. The molecular formula is C8H5Cl2F2NO4. The number of hydrogen-bond acceptors (Lipinski definition) is 4. The number of alkyl halides is 3. The highest BCUT2D eigenvalue weighted by atomic mass is 35.5. The molecule has 0 saturated heterocycles. The van der Waals surface area contributed by atoms with Gasteiger partial charge in [0.05, 0.1) is 12.1 Å². The number of ether oxygens (including phenoxy) is 2. The minimum atomic E-state index is -3.83. The molecule has 5 nitrogen and oxygen atoms in total. The summed E-state index contributed by atoms with van der Waals surface area (Å²) in [6, 6.07) is 0.739. The molecule has 0 aliphatic carbocycles. The Labute approximate surface area is 103 Å². The third kappa shape index (κ3) is 3.31. The normalized spacial score (nSPS) is 11.1. The predicted molar refractivity (Wildman–Crippen MR) is 54.9 cm³/mol. The molecule has 17 heavy (non-hydrogen) atoms. The number of nitrogens with one attached hydrogen (secondary N) is 1. The van der Waals surface area contributed by atoms with Crippen molar-refractivity contribution < 1.29 is 23.0 Å². The van der Waals surface area contributed by atoms with Gasteiger partial charge in [-0.1, -0.05) is 11.6 Å². The van der Waals surface area contributed by atoms with E-state index < -0.39 is 33.6 Å². The zero-order valence-corrected chi connectivity index (χ0v) is 9.73. The average Bonchev–Trinajstić information content (AvgIpc) is 2.21. The number of aromatic nitrogens is 1. The van der Waals surface area contributed by atoms with Crippen molar-refractivity contribution >= 4 is 29.4 Å². The topological polar surface area (TPSA) is 68.4 Å². The Kier molecular flexibility index (Phi) is 3.94. The number of halogens is 4. The van der Waals surface area contributed by atoms with Gasteiger partial charge in [0, 0.05) is 6.07 Å². The van der Waals surface area contributed by atoms with Gasteiger partial charge < -0.3 is 14.5 Å². The fraction of sp³-hybridized carbons (Fsp3) is 0.250. The molecule has 0 saturated carbocycles. The van der Waals surface area contributed by atoms with Gasteiger partial charge in [0.25, 0.3) is 5.56 Å². The molecule has 1 rings (SSSR count). The third-order valence-electron chi connectivity index (χ3n) is 1.60. The van der Waals surface area contributed by atoms with Gasteiger partial charge in [-0.05, 0) is 11.6 Å². The second-order valence-corrected chi connectivity index (χ2v) is 3.62. The van der Waals surface area contributed by atoms with E-state index in [0.29, 0.717) is 0 Å². The van der Waals surface area contributed by atoms with Gasteiger partial charge in [0.1, 0.15) is 5.69 Å². The lowest BCUT2D eigenvalue weighted by Crippen LogP contribution is -2.20. The number of aromatic amines is 1. The largest absolute Gasteiger partial charge is 0.513 e. The molecule has 0 fully saturated rings. The zero-order chi connectivity index (χ0) is 13.2. The van der Waals surface area contributed by atoms with Crippen LogP contribution in [0.25, 0.3) is 0 Å². The van der Waals surface area contributed by atoms with Crippen molar-refractivity contribution in [1.29, 1.82) is 0 Å². The minimum absolute atomic E-state index is 0.552. The van der Waals surface area contributed by atoms with Gasteiger partial charge in [-0.15, -0.1) is 0 Å². The van der Waals surface area contributed by atoms with Crippen molar-refractivity contribution in [3.63, 3.8) is 0 Å². The fourth-order valence-electron chi connectivity index (χ4n) is 0.901. The zero-order valence-electron chi connectivity index (χ0n) is 8.22. The van der Waals surface area contributed by atoms with Gasteiger partial charge in [-0.25, -0.2) is 4.79 Å². The highest BCUT2D eigenvalue weighted by molar-refractivity contribution is 6.32. The minimum Gasteiger partial charge on any atom is -0.437 e. The van der Waals surface area contributed by atoms with Gasteiger partial charge in [-0.3, -0.25) is 4.79 Å². The van der Waals surface area contributed by atoms with E-state index in [4.69, 9.17) is 23.2 Å². The van der Waals surface area contributed by atoms with Crippen molar-refractivity contribution in [1.82, 2.24) is 4.98 Å². The van der Waals surface area contributed by atoms with Gasteiger partial charge in [0.15, 0.2) is 0 Å². The van der Waals surface area contributed by atoms with Crippen molar-refractivity contribution in [3.8, 4) is 5.75 Å². The predicted octanol–water partition coefficient (Wildman–Crippen LogP) is 2.46. The first-order chi connectivity index (χ1) is 7.75. The van der Waals surface area contributed by atoms with Crippen LogP contribution in [-0.2, 0) is 10.1 Å². The Morgan fingerprint density at radius 3 is 2.59 bits per heavy atom. The maximum atomic E-state index is 12.7. The first kappa shape index (κ1) is 13.7. The summed E-state index contributed by atoms with van der Waals surface area (Å²) in [6.45, 7) is 0. The first-order valence-electron chi connectivity index (χ1n) is 4.01. The van der Waals surface area contributed by atoms with Crippen LogP contribution in [0.1, 0.15) is 5.69 Å². The van der Waals surface area contributed by atoms with E-state index in [0.717, 1.165) is 13.2 Å². The highest BCUT2D eigenvalue weighted by Crippen LogP contribution is 2.35. The molecule has 1 aromatic rings. The molecule has 0 aromatic carbocycles. The Morgan fingerprint density at radius 1 is 1.53 bits per heavy atom. The quantitative estimate of drug-likeness (QED) is 0.670. The lowest BCUT2D eigenvalue weighted by atomic mass is 10.3. The van der Waals surface area contributed by atoms with E-state index in [9.17, 15) is 18.4 Å². The maximum Gasteiger partial charge on any atom is 0.513 e. The summed E-state index contributed by atoms with van der Waals surface area (Å²) in [6.07, 6.45) is -1.18. The smallest absolute Gasteiger partial charge is 0.437 e. The van der Waals surface area contributed by atoms with E-state index >= 15 is 0 Å². The van der Waals surface area contributed by atoms with E-state index in [1.54, 1.807) is 4.98 Å². The molecule has 0 spiro atoms. The summed E-state index contributed by atoms with van der Waals surface area (Å²) in [5.41, 5.74) is -2.07. The van der Waals surface area contributed by atoms with Crippen molar-refractivity contribution in [2.75, 3.05) is 7.11 Å². The molecule has 94 valence electrons. The van der Waals surface area contributed by atoms with E-state index in [1.165, 1.54) is 0 Å². The van der Waals surface area contributed by atoms with Crippen LogP contribution in [-0.4, -0.2) is 18.2 Å². The summed E-state index contributed by atoms with van der Waals surface area (Å²) < 4.78 is 33.9. The Hall–Kier alpha value is -1.34. The summed E-state index contributed by atoms with van der Waals surface area (Å²) in [5, 5.41) is -4.39. The van der Waals surface area contributed by atoms with Gasteiger partial charge in [-0.2, -0.15) is 8.78 Å². The standard InChI is InChI=1S/C8H5Cl2F2NO4/c1-16-7(15)17-4-2-3(9)5(8(10,11)12)13-6(4)14/h2H,1H3,(H,13,14). The lowest BCUT2D eigenvalue weighted by Gasteiger charge is -2.10. The number of H-pyrrole nitrogens is 1. The van der Waals surface area contributed by atoms with Gasteiger partial charge in [0.2, 0.25) is 5.75 Å². The molecular weight excluding hydrogens is 283 g/mol. The fourth-order valence-corrected chi connectivity index (χ4v) is 1.36. The first-order valence-corrected chi connectivity index (χ1v) is 4.77. The highest BCUT2D eigenvalue weighted by Gasteiger charge is 2.32. The summed E-state index contributed by atoms with van der Waals surface area (Å²) in [4.78, 5) is 23.7. The van der Waals surface area contributed by atoms with E-state index in [2.05, 4.69) is 9.47 Å². The monoisotopic (exact) mass is 287 g/mol. The average molecular weight is 288 g/mol. The molecule has 0 aliphatic heterocycles. The van der Waals surface area contributed by atoms with E-state index in [1.807, 2.05) is 0 Å². The van der Waals surface area contributed by atoms with Crippen LogP contribution in [0.5, 0.6) is 5.75 Å². The molecule has 0 aliphatic rings. The van der Waals surface area contributed by atoms with Crippen LogP contribution < -0.4 is 10.3 Å². The number of carbonyl (C=O) groups excluding carboxylic acids is 1. The summed E-state index contributed by atoms with van der Waals surface area (Å²) in [7, 11) is 1.01. The second kappa shape index (κ2) is 4.89. The molecule has 1 aromatic heterocycles. The van der Waals surface area contributed by atoms with Crippen LogP contribution in [0, 0.1) is 0 Å².